The van der Waals surface area contributed by atoms with E-state index in [4.69, 9.17) is 0 Å². The summed E-state index contributed by atoms with van der Waals surface area (Å²) < 4.78 is 0. The van der Waals surface area contributed by atoms with Crippen molar-refractivity contribution >= 4 is 0 Å². The van der Waals surface area contributed by atoms with Gasteiger partial charge in [-0.05, 0) is 6.92 Å². The lowest BCUT2D eigenvalue weighted by Gasteiger charge is -2.40. The van der Waals surface area contributed by atoms with Gasteiger partial charge in [-0.1, -0.05) is 0 Å². The Bertz CT molecular complexity index is 242. The molecule has 0 unspecified atom stereocenters. The third-order valence-electron chi connectivity index (χ3n) is 2.64. The summed E-state index contributed by atoms with van der Waals surface area (Å²) in [4.78, 5) is 9.68. The van der Waals surface area contributed by atoms with Gasteiger partial charge in [0.25, 0.3) is 6.04 Å². The third kappa shape index (κ3) is 1.59. The van der Waals surface area contributed by atoms with Gasteiger partial charge in [0, 0.05) is 11.3 Å². The van der Waals surface area contributed by atoms with Gasteiger partial charge in [-0.2, -0.15) is 0 Å². The maximum Gasteiger partial charge on any atom is 0.269 e. The summed E-state index contributed by atoms with van der Waals surface area (Å²) in [5, 5.41) is 47.9. The molecule has 82 valence electrons. The molecule has 0 heterocycles. The topological polar surface area (TPSA) is 124 Å². The number of nitrogens with zero attached hydrogens (tertiary/aromatic N) is 1. The average Bonchev–Trinajstić information content (AvgIpc) is 1.98. The minimum absolute atomic E-state index is 0.317. The second-order valence-corrected chi connectivity index (χ2v) is 3.77. The van der Waals surface area contributed by atoms with Crippen molar-refractivity contribution in [3.05, 3.63) is 10.1 Å². The molecule has 0 spiro atoms. The first-order valence-electron chi connectivity index (χ1n) is 4.18. The molecule has 7 nitrogen and oxygen atoms in total. The molecule has 0 aromatic heterocycles. The molecular weight excluding hydrogens is 194 g/mol. The van der Waals surface area contributed by atoms with Crippen molar-refractivity contribution in [3.8, 4) is 0 Å². The summed E-state index contributed by atoms with van der Waals surface area (Å²) in [5.41, 5.74) is -2.12. The number of aliphatic hydroxyl groups excluding tert-OH is 3. The zero-order chi connectivity index (χ0) is 11.1. The number of nitro groups is 1. The quantitative estimate of drug-likeness (QED) is 0.287. The van der Waals surface area contributed by atoms with Crippen LogP contribution in [0.5, 0.6) is 0 Å². The molecule has 7 heteroatoms. The molecule has 4 N–H and O–H groups in total. The largest absolute Gasteiger partial charge is 0.390 e. The molecule has 0 aromatic carbocycles. The maximum absolute atomic E-state index is 10.5. The monoisotopic (exact) mass is 207 g/mol. The molecule has 0 amide bonds. The molecule has 5 atom stereocenters. The fourth-order valence-electron chi connectivity index (χ4n) is 1.81. The number of hydrogen-bond acceptors (Lipinski definition) is 6. The minimum atomic E-state index is -2.12. The maximum atomic E-state index is 10.5. The predicted octanol–water partition coefficient (Wildman–Crippen LogP) is -2.13. The van der Waals surface area contributed by atoms with Crippen LogP contribution in [0, 0.1) is 10.1 Å². The van der Waals surface area contributed by atoms with E-state index in [9.17, 15) is 30.5 Å². The molecule has 1 rings (SSSR count). The highest BCUT2D eigenvalue weighted by Gasteiger charge is 2.57. The predicted molar refractivity (Wildman–Crippen MR) is 44.0 cm³/mol. The Hall–Kier alpha value is -0.760. The van der Waals surface area contributed by atoms with Gasteiger partial charge in [0.1, 0.15) is 12.2 Å². The van der Waals surface area contributed by atoms with Crippen LogP contribution >= 0.6 is 0 Å². The van der Waals surface area contributed by atoms with E-state index in [1.54, 1.807) is 0 Å². The molecule has 1 saturated carbocycles. The Kier molecular flexibility index (Phi) is 2.77. The molecule has 0 aromatic rings. The van der Waals surface area contributed by atoms with E-state index < -0.39 is 34.9 Å². The van der Waals surface area contributed by atoms with Crippen LogP contribution in [0.25, 0.3) is 0 Å². The van der Waals surface area contributed by atoms with Gasteiger partial charge in [0.15, 0.2) is 5.60 Å². The molecule has 0 aliphatic heterocycles. The van der Waals surface area contributed by atoms with E-state index >= 15 is 0 Å². The van der Waals surface area contributed by atoms with Crippen molar-refractivity contribution < 1.29 is 25.3 Å². The zero-order valence-electron chi connectivity index (χ0n) is 7.57. The highest BCUT2D eigenvalue weighted by atomic mass is 16.6. The standard InChI is InChI=1S/C7H13NO6/c1-7(12)5(8(13)14)3(9)2-4(10)6(7)11/h3-6,9-12H,2H2,1H3/t3-,4+,5+,6-,7+/m0/s1. The van der Waals surface area contributed by atoms with Crippen molar-refractivity contribution in [2.45, 2.75) is 43.3 Å². The fourth-order valence-corrected chi connectivity index (χ4v) is 1.81. The van der Waals surface area contributed by atoms with Crippen LogP contribution in [0.1, 0.15) is 13.3 Å². The number of rotatable bonds is 1. The molecule has 0 bridgehead atoms. The van der Waals surface area contributed by atoms with Crippen LogP contribution in [-0.4, -0.2) is 55.3 Å². The summed E-state index contributed by atoms with van der Waals surface area (Å²) in [6.45, 7) is 1.02. The smallest absolute Gasteiger partial charge is 0.269 e. The van der Waals surface area contributed by atoms with Gasteiger partial charge in [0.2, 0.25) is 0 Å². The third-order valence-corrected chi connectivity index (χ3v) is 2.64. The van der Waals surface area contributed by atoms with Crippen molar-refractivity contribution in [1.82, 2.24) is 0 Å². The lowest BCUT2D eigenvalue weighted by atomic mass is 9.76. The van der Waals surface area contributed by atoms with E-state index in [0.29, 0.717) is 0 Å². The van der Waals surface area contributed by atoms with Crippen molar-refractivity contribution in [3.63, 3.8) is 0 Å². The highest BCUT2D eigenvalue weighted by molar-refractivity contribution is 5.01. The van der Waals surface area contributed by atoms with E-state index in [-0.39, 0.29) is 6.42 Å². The molecule has 0 saturated heterocycles. The lowest BCUT2D eigenvalue weighted by molar-refractivity contribution is -0.566. The van der Waals surface area contributed by atoms with Crippen LogP contribution in [-0.2, 0) is 0 Å². The highest BCUT2D eigenvalue weighted by Crippen LogP contribution is 2.30. The van der Waals surface area contributed by atoms with Crippen LogP contribution < -0.4 is 0 Å². The first-order chi connectivity index (χ1) is 6.28. The van der Waals surface area contributed by atoms with E-state index in [1.165, 1.54) is 0 Å². The van der Waals surface area contributed by atoms with Gasteiger partial charge < -0.3 is 20.4 Å². The molecule has 1 aliphatic rings. The number of hydrogen-bond donors (Lipinski definition) is 4. The van der Waals surface area contributed by atoms with Gasteiger partial charge in [-0.3, -0.25) is 10.1 Å². The van der Waals surface area contributed by atoms with E-state index in [0.717, 1.165) is 6.92 Å². The Morgan fingerprint density at radius 3 is 2.29 bits per heavy atom. The van der Waals surface area contributed by atoms with Crippen LogP contribution in [0.15, 0.2) is 0 Å². The SMILES string of the molecule is C[C@]1(O)[C@@H](O)[C@H](O)C[C@H](O)[C@H]1[N+](=O)[O-]. The lowest BCUT2D eigenvalue weighted by Crippen LogP contribution is -2.66. The summed E-state index contributed by atoms with van der Waals surface area (Å²) in [6.07, 6.45) is -4.75. The number of aliphatic hydroxyl groups is 4. The molecule has 1 fully saturated rings. The molecule has 0 radical (unpaired) electrons. The minimum Gasteiger partial charge on any atom is -0.390 e. The second-order valence-electron chi connectivity index (χ2n) is 3.77. The van der Waals surface area contributed by atoms with Gasteiger partial charge in [0.05, 0.1) is 6.10 Å². The molecular formula is C7H13NO6. The summed E-state index contributed by atoms with van der Waals surface area (Å²) in [7, 11) is 0. The average molecular weight is 207 g/mol. The first-order valence-corrected chi connectivity index (χ1v) is 4.18. The van der Waals surface area contributed by atoms with Crippen LogP contribution in [0.3, 0.4) is 0 Å². The summed E-state index contributed by atoms with van der Waals surface area (Å²) in [5.74, 6) is 0. The molecule has 14 heavy (non-hydrogen) atoms. The second kappa shape index (κ2) is 3.43. The normalized spacial score (nSPS) is 48.9. The van der Waals surface area contributed by atoms with E-state index in [2.05, 4.69) is 0 Å². The summed E-state index contributed by atoms with van der Waals surface area (Å²) >= 11 is 0. The van der Waals surface area contributed by atoms with Crippen molar-refractivity contribution in [2.75, 3.05) is 0 Å². The Morgan fingerprint density at radius 2 is 1.86 bits per heavy atom. The first kappa shape index (κ1) is 11.3. The van der Waals surface area contributed by atoms with E-state index in [1.807, 2.05) is 0 Å². The Morgan fingerprint density at radius 1 is 1.36 bits per heavy atom. The zero-order valence-corrected chi connectivity index (χ0v) is 7.57. The van der Waals surface area contributed by atoms with Gasteiger partial charge >= 0.3 is 0 Å². The fraction of sp³-hybridized carbons (Fsp3) is 1.00. The Labute approximate surface area is 79.8 Å². The Balaban J connectivity index is 2.99. The van der Waals surface area contributed by atoms with Gasteiger partial charge in [-0.15, -0.1) is 0 Å². The van der Waals surface area contributed by atoms with Crippen LogP contribution in [0.2, 0.25) is 0 Å². The van der Waals surface area contributed by atoms with Crippen molar-refractivity contribution in [2.24, 2.45) is 0 Å². The van der Waals surface area contributed by atoms with Crippen LogP contribution in [0.4, 0.5) is 0 Å². The molecule has 1 aliphatic carbocycles. The van der Waals surface area contributed by atoms with Gasteiger partial charge in [-0.25, -0.2) is 0 Å². The summed E-state index contributed by atoms with van der Waals surface area (Å²) in [6, 6.07) is -1.68. The van der Waals surface area contributed by atoms with Crippen molar-refractivity contribution in [1.29, 1.82) is 0 Å².